The lowest BCUT2D eigenvalue weighted by Crippen LogP contribution is -2.10. The number of halogens is 1. The molecule has 0 rings (SSSR count). The van der Waals surface area contributed by atoms with Gasteiger partial charge in [-0.25, -0.2) is 0 Å². The largest absolute Gasteiger partial charge is 0.352 e. The van der Waals surface area contributed by atoms with Crippen molar-refractivity contribution in [3.8, 4) is 0 Å². The van der Waals surface area contributed by atoms with Gasteiger partial charge in [0.2, 0.25) is 0 Å². The third kappa shape index (κ3) is 3.63. The highest BCUT2D eigenvalue weighted by atomic mass is 127. The van der Waals surface area contributed by atoms with Crippen molar-refractivity contribution in [1.29, 1.82) is 0 Å². The van der Waals surface area contributed by atoms with Crippen molar-refractivity contribution in [3.05, 3.63) is 0 Å². The molecule has 3 heteroatoms. The number of ether oxygens (including phenoxy) is 1. The molecule has 0 aromatic heterocycles. The minimum atomic E-state index is -0.0133. The SMILES string of the molecule is CCOC(CC)OI. The summed E-state index contributed by atoms with van der Waals surface area (Å²) in [5.41, 5.74) is 0. The third-order valence-corrected chi connectivity index (χ3v) is 1.35. The first-order valence-electron chi connectivity index (χ1n) is 2.74. The lowest BCUT2D eigenvalue weighted by atomic mass is 10.5. The molecule has 0 aliphatic heterocycles. The van der Waals surface area contributed by atoms with E-state index in [-0.39, 0.29) is 6.29 Å². The molecule has 0 radical (unpaired) electrons. The Morgan fingerprint density at radius 2 is 2.12 bits per heavy atom. The molecular formula is C5H11IO2. The fourth-order valence-electron chi connectivity index (χ4n) is 0.392. The van der Waals surface area contributed by atoms with E-state index in [0.29, 0.717) is 0 Å². The average molecular weight is 230 g/mol. The summed E-state index contributed by atoms with van der Waals surface area (Å²) < 4.78 is 10.00. The summed E-state index contributed by atoms with van der Waals surface area (Å²) in [6, 6.07) is 0. The van der Waals surface area contributed by atoms with Crippen LogP contribution in [0, 0.1) is 0 Å². The number of rotatable bonds is 4. The van der Waals surface area contributed by atoms with E-state index in [4.69, 9.17) is 7.80 Å². The molecular weight excluding hydrogens is 219 g/mol. The summed E-state index contributed by atoms with van der Waals surface area (Å²) in [6.07, 6.45) is 0.900. The van der Waals surface area contributed by atoms with E-state index in [9.17, 15) is 0 Å². The van der Waals surface area contributed by atoms with Crippen molar-refractivity contribution >= 4 is 23.0 Å². The van der Waals surface area contributed by atoms with Crippen LogP contribution in [0.1, 0.15) is 20.3 Å². The first-order chi connectivity index (χ1) is 3.85. The second-order valence-electron chi connectivity index (χ2n) is 1.38. The Bertz CT molecular complexity index is 45.7. The molecule has 0 fully saturated rings. The van der Waals surface area contributed by atoms with Gasteiger partial charge < -0.3 is 4.74 Å². The van der Waals surface area contributed by atoms with Crippen LogP contribution in [0.4, 0.5) is 0 Å². The van der Waals surface area contributed by atoms with Gasteiger partial charge in [-0.2, -0.15) is 0 Å². The zero-order valence-corrected chi connectivity index (χ0v) is 7.34. The van der Waals surface area contributed by atoms with Crippen molar-refractivity contribution in [2.45, 2.75) is 26.6 Å². The molecule has 0 aromatic rings. The molecule has 8 heavy (non-hydrogen) atoms. The first kappa shape index (κ1) is 8.65. The van der Waals surface area contributed by atoms with Crippen LogP contribution in [-0.4, -0.2) is 12.9 Å². The van der Waals surface area contributed by atoms with Crippen LogP contribution >= 0.6 is 23.0 Å². The quantitative estimate of drug-likeness (QED) is 0.544. The minimum Gasteiger partial charge on any atom is -0.352 e. The van der Waals surface area contributed by atoms with Crippen LogP contribution in [0.5, 0.6) is 0 Å². The van der Waals surface area contributed by atoms with E-state index in [2.05, 4.69) is 0 Å². The number of hydrogen-bond acceptors (Lipinski definition) is 2. The van der Waals surface area contributed by atoms with Crippen molar-refractivity contribution in [2.24, 2.45) is 0 Å². The van der Waals surface area contributed by atoms with Crippen molar-refractivity contribution in [2.75, 3.05) is 6.61 Å². The zero-order valence-electron chi connectivity index (χ0n) is 5.19. The maximum atomic E-state index is 5.11. The second-order valence-corrected chi connectivity index (χ2v) is 1.89. The molecule has 0 saturated carbocycles. The highest BCUT2D eigenvalue weighted by Gasteiger charge is 2.00. The van der Waals surface area contributed by atoms with Crippen LogP contribution in [-0.2, 0) is 7.80 Å². The normalized spacial score (nSPS) is 13.9. The van der Waals surface area contributed by atoms with Crippen LogP contribution < -0.4 is 0 Å². The van der Waals surface area contributed by atoms with Gasteiger partial charge >= 0.3 is 0 Å². The molecule has 0 aromatic carbocycles. The molecule has 0 amide bonds. The van der Waals surface area contributed by atoms with E-state index in [1.54, 1.807) is 0 Å². The van der Waals surface area contributed by atoms with Crippen LogP contribution in [0.3, 0.4) is 0 Å². The lowest BCUT2D eigenvalue weighted by Gasteiger charge is -2.09. The molecule has 1 atom stereocenters. The molecule has 1 unspecified atom stereocenters. The Labute approximate surface area is 64.2 Å². The van der Waals surface area contributed by atoms with Crippen molar-refractivity contribution < 1.29 is 7.80 Å². The molecule has 0 aliphatic carbocycles. The van der Waals surface area contributed by atoms with Gasteiger partial charge in [0.25, 0.3) is 0 Å². The summed E-state index contributed by atoms with van der Waals surface area (Å²) >= 11 is 1.85. The second kappa shape index (κ2) is 5.78. The number of hydrogen-bond donors (Lipinski definition) is 0. The summed E-state index contributed by atoms with van der Waals surface area (Å²) in [4.78, 5) is 0. The Morgan fingerprint density at radius 1 is 1.50 bits per heavy atom. The highest BCUT2D eigenvalue weighted by molar-refractivity contribution is 14.1. The van der Waals surface area contributed by atoms with E-state index in [0.717, 1.165) is 13.0 Å². The predicted octanol–water partition coefficient (Wildman–Crippen LogP) is 2.13. The molecule has 0 heterocycles. The lowest BCUT2D eigenvalue weighted by molar-refractivity contribution is -0.0512. The van der Waals surface area contributed by atoms with Crippen LogP contribution in [0.25, 0.3) is 0 Å². The molecule has 0 bridgehead atoms. The fraction of sp³-hybridized carbons (Fsp3) is 1.00. The zero-order chi connectivity index (χ0) is 6.41. The third-order valence-electron chi connectivity index (χ3n) is 0.785. The standard InChI is InChI=1S/C5H11IO2/c1-3-5(8-6)7-4-2/h5H,3-4H2,1-2H3. The summed E-state index contributed by atoms with van der Waals surface area (Å²) in [7, 11) is 0. The Balaban J connectivity index is 3.07. The van der Waals surface area contributed by atoms with Gasteiger partial charge in [0, 0.05) is 6.61 Å². The predicted molar refractivity (Wildman–Crippen MR) is 40.8 cm³/mol. The summed E-state index contributed by atoms with van der Waals surface area (Å²) in [5.74, 6) is 0. The molecule has 2 nitrogen and oxygen atoms in total. The Morgan fingerprint density at radius 3 is 2.25 bits per heavy atom. The fourth-order valence-corrected chi connectivity index (χ4v) is 0.899. The molecule has 0 aliphatic rings. The van der Waals surface area contributed by atoms with Crippen molar-refractivity contribution in [1.82, 2.24) is 0 Å². The van der Waals surface area contributed by atoms with E-state index >= 15 is 0 Å². The van der Waals surface area contributed by atoms with E-state index in [1.165, 1.54) is 0 Å². The topological polar surface area (TPSA) is 18.5 Å². The smallest absolute Gasteiger partial charge is 0.168 e. The molecule has 0 spiro atoms. The van der Waals surface area contributed by atoms with Crippen molar-refractivity contribution in [3.63, 3.8) is 0 Å². The molecule has 50 valence electrons. The van der Waals surface area contributed by atoms with Gasteiger partial charge in [-0.15, -0.1) is 0 Å². The maximum absolute atomic E-state index is 5.11. The highest BCUT2D eigenvalue weighted by Crippen LogP contribution is 2.03. The van der Waals surface area contributed by atoms with Gasteiger partial charge in [-0.05, 0) is 13.3 Å². The van der Waals surface area contributed by atoms with Gasteiger partial charge in [0.05, 0.1) is 0 Å². The van der Waals surface area contributed by atoms with Gasteiger partial charge in [0.1, 0.15) is 23.0 Å². The van der Waals surface area contributed by atoms with Crippen LogP contribution in [0.15, 0.2) is 0 Å². The van der Waals surface area contributed by atoms with Gasteiger partial charge in [0.15, 0.2) is 6.29 Å². The Kier molecular flexibility index (Phi) is 6.25. The average Bonchev–Trinajstić information content (AvgIpc) is 1.83. The van der Waals surface area contributed by atoms with Gasteiger partial charge in [-0.3, -0.25) is 3.07 Å². The first-order valence-corrected chi connectivity index (χ1v) is 3.62. The Hall–Kier alpha value is 0.650. The van der Waals surface area contributed by atoms with Crippen LogP contribution in [0.2, 0.25) is 0 Å². The monoisotopic (exact) mass is 230 g/mol. The van der Waals surface area contributed by atoms with E-state index in [1.807, 2.05) is 36.9 Å². The summed E-state index contributed by atoms with van der Waals surface area (Å²) in [5, 5.41) is 0. The molecule has 0 N–H and O–H groups in total. The summed E-state index contributed by atoms with van der Waals surface area (Å²) in [6.45, 7) is 4.71. The molecule has 0 saturated heterocycles. The maximum Gasteiger partial charge on any atom is 0.168 e. The minimum absolute atomic E-state index is 0.0133. The van der Waals surface area contributed by atoms with E-state index < -0.39 is 0 Å². The van der Waals surface area contributed by atoms with Gasteiger partial charge in [-0.1, -0.05) is 6.92 Å².